The van der Waals surface area contributed by atoms with Gasteiger partial charge in [0.1, 0.15) is 5.82 Å². The number of hydrogen-bond acceptors (Lipinski definition) is 3. The van der Waals surface area contributed by atoms with E-state index in [1.54, 1.807) is 31.2 Å². The van der Waals surface area contributed by atoms with E-state index < -0.39 is 0 Å². The SMILES string of the molecule is Cc1cc(-c2cc(CO)c(=O)n(CCc3ccccc3Cl)n2)ccc1F. The van der Waals surface area contributed by atoms with Crippen molar-refractivity contribution in [2.75, 3.05) is 0 Å². The Balaban J connectivity index is 1.98. The fraction of sp³-hybridized carbons (Fsp3) is 0.200. The van der Waals surface area contributed by atoms with Crippen LogP contribution in [0.25, 0.3) is 11.3 Å². The summed E-state index contributed by atoms with van der Waals surface area (Å²) in [5.41, 5.74) is 2.50. The third-order valence-electron chi connectivity index (χ3n) is 4.22. The molecule has 0 amide bonds. The number of aliphatic hydroxyl groups excluding tert-OH is 1. The summed E-state index contributed by atoms with van der Waals surface area (Å²) < 4.78 is 14.8. The number of aryl methyl sites for hydroxylation is 3. The van der Waals surface area contributed by atoms with Crippen LogP contribution in [0.4, 0.5) is 4.39 Å². The fourth-order valence-electron chi connectivity index (χ4n) is 2.73. The molecule has 0 radical (unpaired) electrons. The van der Waals surface area contributed by atoms with Crippen molar-refractivity contribution in [3.8, 4) is 11.3 Å². The lowest BCUT2D eigenvalue weighted by atomic mass is 10.1. The molecule has 134 valence electrons. The molecule has 26 heavy (non-hydrogen) atoms. The Labute approximate surface area is 155 Å². The summed E-state index contributed by atoms with van der Waals surface area (Å²) in [5, 5.41) is 14.5. The van der Waals surface area contributed by atoms with Crippen LogP contribution in [0.15, 0.2) is 53.3 Å². The van der Waals surface area contributed by atoms with Gasteiger partial charge < -0.3 is 5.11 Å². The van der Waals surface area contributed by atoms with Crippen LogP contribution in [-0.4, -0.2) is 14.9 Å². The molecule has 0 aliphatic heterocycles. The first-order valence-corrected chi connectivity index (χ1v) is 8.59. The van der Waals surface area contributed by atoms with Gasteiger partial charge in [0.25, 0.3) is 5.56 Å². The van der Waals surface area contributed by atoms with Crippen molar-refractivity contribution in [1.82, 2.24) is 9.78 Å². The second kappa shape index (κ2) is 7.81. The molecule has 6 heteroatoms. The first-order valence-electron chi connectivity index (χ1n) is 8.21. The van der Waals surface area contributed by atoms with Gasteiger partial charge in [-0.25, -0.2) is 9.07 Å². The molecule has 3 rings (SSSR count). The van der Waals surface area contributed by atoms with E-state index in [1.807, 2.05) is 18.2 Å². The van der Waals surface area contributed by atoms with E-state index in [-0.39, 0.29) is 23.5 Å². The number of aliphatic hydroxyl groups is 1. The maximum Gasteiger partial charge on any atom is 0.272 e. The minimum absolute atomic E-state index is 0.246. The molecule has 0 aliphatic rings. The van der Waals surface area contributed by atoms with Gasteiger partial charge in [-0.2, -0.15) is 5.10 Å². The average molecular weight is 373 g/mol. The lowest BCUT2D eigenvalue weighted by molar-refractivity contribution is 0.278. The highest BCUT2D eigenvalue weighted by atomic mass is 35.5. The largest absolute Gasteiger partial charge is 0.391 e. The number of aromatic nitrogens is 2. The summed E-state index contributed by atoms with van der Waals surface area (Å²) in [5.74, 6) is -0.303. The summed E-state index contributed by atoms with van der Waals surface area (Å²) >= 11 is 6.16. The standard InChI is InChI=1S/C20H18ClFN2O2/c1-13-10-15(6-7-18(13)22)19-11-16(12-25)20(26)24(23-19)9-8-14-4-2-3-5-17(14)21/h2-7,10-11,25H,8-9,12H2,1H3. The highest BCUT2D eigenvalue weighted by molar-refractivity contribution is 6.31. The molecule has 2 aromatic carbocycles. The average Bonchev–Trinajstić information content (AvgIpc) is 2.64. The maximum absolute atomic E-state index is 13.5. The molecule has 1 aromatic heterocycles. The number of rotatable bonds is 5. The molecule has 0 unspecified atom stereocenters. The van der Waals surface area contributed by atoms with Gasteiger partial charge >= 0.3 is 0 Å². The molecule has 0 saturated heterocycles. The zero-order chi connectivity index (χ0) is 18.7. The highest BCUT2D eigenvalue weighted by Crippen LogP contribution is 2.20. The molecule has 1 heterocycles. The van der Waals surface area contributed by atoms with E-state index in [9.17, 15) is 14.3 Å². The van der Waals surface area contributed by atoms with Crippen molar-refractivity contribution < 1.29 is 9.50 Å². The van der Waals surface area contributed by atoms with E-state index in [0.717, 1.165) is 5.56 Å². The molecule has 0 fully saturated rings. The number of benzene rings is 2. The molecular formula is C20H18ClFN2O2. The van der Waals surface area contributed by atoms with Crippen LogP contribution in [-0.2, 0) is 19.6 Å². The quantitative estimate of drug-likeness (QED) is 0.742. The molecule has 0 atom stereocenters. The smallest absolute Gasteiger partial charge is 0.272 e. The van der Waals surface area contributed by atoms with Crippen molar-refractivity contribution >= 4 is 11.6 Å². The van der Waals surface area contributed by atoms with Crippen LogP contribution in [0, 0.1) is 12.7 Å². The van der Waals surface area contributed by atoms with Crippen LogP contribution in [0.1, 0.15) is 16.7 Å². The zero-order valence-corrected chi connectivity index (χ0v) is 15.0. The third-order valence-corrected chi connectivity index (χ3v) is 4.59. The van der Waals surface area contributed by atoms with Gasteiger partial charge in [-0.15, -0.1) is 0 Å². The van der Waals surface area contributed by atoms with Gasteiger partial charge in [0.2, 0.25) is 0 Å². The lowest BCUT2D eigenvalue weighted by Crippen LogP contribution is -2.27. The second-order valence-electron chi connectivity index (χ2n) is 6.05. The molecule has 4 nitrogen and oxygen atoms in total. The van der Waals surface area contributed by atoms with Crippen LogP contribution in [0.5, 0.6) is 0 Å². The Bertz CT molecular complexity index is 1000. The molecule has 3 aromatic rings. The summed E-state index contributed by atoms with van der Waals surface area (Å²) in [6.45, 7) is 1.60. The predicted molar refractivity (Wildman–Crippen MR) is 99.7 cm³/mol. The van der Waals surface area contributed by atoms with Gasteiger partial charge in [-0.05, 0) is 54.8 Å². The van der Waals surface area contributed by atoms with Gasteiger partial charge in [0.15, 0.2) is 0 Å². The molecule has 0 aliphatic carbocycles. The normalized spacial score (nSPS) is 10.9. The van der Waals surface area contributed by atoms with Gasteiger partial charge in [0, 0.05) is 22.7 Å². The zero-order valence-electron chi connectivity index (χ0n) is 14.2. The molecule has 0 bridgehead atoms. The van der Waals surface area contributed by atoms with E-state index in [1.165, 1.54) is 10.7 Å². The lowest BCUT2D eigenvalue weighted by Gasteiger charge is -2.11. The summed E-state index contributed by atoms with van der Waals surface area (Å²) in [4.78, 5) is 12.5. The third kappa shape index (κ3) is 3.84. The van der Waals surface area contributed by atoms with Crippen molar-refractivity contribution in [2.45, 2.75) is 26.5 Å². The van der Waals surface area contributed by atoms with Gasteiger partial charge in [-0.1, -0.05) is 29.8 Å². The summed E-state index contributed by atoms with van der Waals surface area (Å²) in [7, 11) is 0. The van der Waals surface area contributed by atoms with Crippen LogP contribution in [0.3, 0.4) is 0 Å². The summed E-state index contributed by atoms with van der Waals surface area (Å²) in [6.07, 6.45) is 0.531. The van der Waals surface area contributed by atoms with E-state index in [4.69, 9.17) is 11.6 Å². The first-order chi connectivity index (χ1) is 12.5. The molecule has 1 N–H and O–H groups in total. The molecular weight excluding hydrogens is 355 g/mol. The minimum atomic E-state index is -0.388. The van der Waals surface area contributed by atoms with Gasteiger partial charge in [-0.3, -0.25) is 4.79 Å². The van der Waals surface area contributed by atoms with Crippen LogP contribution >= 0.6 is 11.6 Å². The van der Waals surface area contributed by atoms with Crippen molar-refractivity contribution in [1.29, 1.82) is 0 Å². The summed E-state index contributed by atoms with van der Waals surface area (Å²) in [6, 6.07) is 13.6. The Morgan fingerprint density at radius 3 is 2.62 bits per heavy atom. The van der Waals surface area contributed by atoms with Crippen LogP contribution < -0.4 is 5.56 Å². The maximum atomic E-state index is 13.5. The topological polar surface area (TPSA) is 55.1 Å². The van der Waals surface area contributed by atoms with E-state index in [0.29, 0.717) is 34.8 Å². The van der Waals surface area contributed by atoms with E-state index in [2.05, 4.69) is 5.10 Å². The van der Waals surface area contributed by atoms with Crippen molar-refractivity contribution in [2.24, 2.45) is 0 Å². The predicted octanol–water partition coefficient (Wildman–Crippen LogP) is 3.75. The fourth-order valence-corrected chi connectivity index (χ4v) is 2.96. The van der Waals surface area contributed by atoms with E-state index >= 15 is 0 Å². The minimum Gasteiger partial charge on any atom is -0.391 e. The number of halogens is 2. The first kappa shape index (κ1) is 18.3. The monoisotopic (exact) mass is 372 g/mol. The highest BCUT2D eigenvalue weighted by Gasteiger charge is 2.11. The number of hydrogen-bond donors (Lipinski definition) is 1. The molecule has 0 saturated carbocycles. The Hall–Kier alpha value is -2.50. The Morgan fingerprint density at radius 2 is 1.92 bits per heavy atom. The Kier molecular flexibility index (Phi) is 5.49. The van der Waals surface area contributed by atoms with Crippen molar-refractivity contribution in [3.05, 3.63) is 86.4 Å². The number of nitrogens with zero attached hydrogens (tertiary/aromatic N) is 2. The van der Waals surface area contributed by atoms with Crippen LogP contribution in [0.2, 0.25) is 5.02 Å². The van der Waals surface area contributed by atoms with Crippen molar-refractivity contribution in [3.63, 3.8) is 0 Å². The van der Waals surface area contributed by atoms with Gasteiger partial charge in [0.05, 0.1) is 12.3 Å². The second-order valence-corrected chi connectivity index (χ2v) is 6.45. The Morgan fingerprint density at radius 1 is 1.15 bits per heavy atom. The molecule has 0 spiro atoms.